The lowest BCUT2D eigenvalue weighted by molar-refractivity contribution is -0.117. The maximum atomic E-state index is 11.0. The van der Waals surface area contributed by atoms with Gasteiger partial charge in [0, 0.05) is 18.3 Å². The van der Waals surface area contributed by atoms with Gasteiger partial charge < -0.3 is 11.1 Å². The Kier molecular flexibility index (Phi) is 4.52. The van der Waals surface area contributed by atoms with Crippen molar-refractivity contribution in [2.75, 3.05) is 11.9 Å². The maximum absolute atomic E-state index is 11.0. The molecule has 0 aliphatic carbocycles. The number of nitrogens with one attached hydrogen (secondary N) is 1. The average Bonchev–Trinajstić information content (AvgIpc) is 2.93. The maximum Gasteiger partial charge on any atom is 0.224 e. The number of benzene rings is 1. The largest absolute Gasteiger partial charge is 0.370 e. The van der Waals surface area contributed by atoms with Crippen molar-refractivity contribution < 1.29 is 4.79 Å². The third-order valence-corrected chi connectivity index (χ3v) is 4.43. The van der Waals surface area contributed by atoms with Crippen LogP contribution >= 0.6 is 11.3 Å². The molecule has 23 heavy (non-hydrogen) atoms. The van der Waals surface area contributed by atoms with Crippen LogP contribution < -0.4 is 11.1 Å². The van der Waals surface area contributed by atoms with Crippen molar-refractivity contribution in [3.05, 3.63) is 41.5 Å². The molecular weight excluding hydrogens is 308 g/mol. The molecule has 0 bridgehead atoms. The fourth-order valence-corrected chi connectivity index (χ4v) is 3.32. The zero-order valence-electron chi connectivity index (χ0n) is 12.9. The minimum Gasteiger partial charge on any atom is -0.370 e. The van der Waals surface area contributed by atoms with Crippen LogP contribution in [0.1, 0.15) is 18.4 Å². The highest BCUT2D eigenvalue weighted by molar-refractivity contribution is 7.18. The fraction of sp³-hybridized carbons (Fsp3) is 0.235. The SMILES string of the molecule is CCCNc1ccc(-c2ccc3nc(CC(N)=O)sc3c2)cn1. The molecule has 5 nitrogen and oxygen atoms in total. The number of carbonyl (C=O) groups excluding carboxylic acids is 1. The second-order valence-corrected chi connectivity index (χ2v) is 6.41. The Morgan fingerprint density at radius 1 is 1.26 bits per heavy atom. The summed E-state index contributed by atoms with van der Waals surface area (Å²) in [5.74, 6) is 0.530. The number of amides is 1. The summed E-state index contributed by atoms with van der Waals surface area (Å²) in [6.45, 7) is 3.04. The quantitative estimate of drug-likeness (QED) is 0.729. The first-order valence-corrected chi connectivity index (χ1v) is 8.35. The van der Waals surface area contributed by atoms with Crippen LogP contribution in [0.25, 0.3) is 21.3 Å². The molecule has 0 unspecified atom stereocenters. The Hall–Kier alpha value is -2.47. The number of carbonyl (C=O) groups is 1. The number of fused-ring (bicyclic) bond motifs is 1. The van der Waals surface area contributed by atoms with Gasteiger partial charge >= 0.3 is 0 Å². The molecule has 1 amide bonds. The number of primary amides is 1. The van der Waals surface area contributed by atoms with E-state index in [2.05, 4.69) is 34.3 Å². The summed E-state index contributed by atoms with van der Waals surface area (Å²) >= 11 is 1.50. The number of anilines is 1. The van der Waals surface area contributed by atoms with E-state index in [1.807, 2.05) is 24.4 Å². The topological polar surface area (TPSA) is 80.9 Å². The van der Waals surface area contributed by atoms with E-state index in [9.17, 15) is 4.79 Å². The molecule has 3 aromatic rings. The number of pyridine rings is 1. The van der Waals surface area contributed by atoms with E-state index in [0.717, 1.165) is 45.1 Å². The predicted octanol–water partition coefficient (Wildman–Crippen LogP) is 3.21. The zero-order chi connectivity index (χ0) is 16.2. The monoisotopic (exact) mass is 326 g/mol. The summed E-state index contributed by atoms with van der Waals surface area (Å²) in [6, 6.07) is 10.1. The second kappa shape index (κ2) is 6.75. The molecule has 0 spiro atoms. The highest BCUT2D eigenvalue weighted by Crippen LogP contribution is 2.28. The third kappa shape index (κ3) is 3.65. The first-order chi connectivity index (χ1) is 11.2. The molecule has 0 saturated carbocycles. The lowest BCUT2D eigenvalue weighted by Gasteiger charge is -2.05. The van der Waals surface area contributed by atoms with Crippen molar-refractivity contribution in [1.29, 1.82) is 0 Å². The van der Waals surface area contributed by atoms with Crippen molar-refractivity contribution in [2.24, 2.45) is 5.73 Å². The standard InChI is InChI=1S/C17H18N4OS/c1-2-7-19-16-6-4-12(10-20-16)11-3-5-13-14(8-11)23-17(21-13)9-15(18)22/h3-6,8,10H,2,7,9H2,1H3,(H2,18,22)(H,19,20). The molecule has 6 heteroatoms. The number of rotatable bonds is 6. The van der Waals surface area contributed by atoms with Gasteiger partial charge in [-0.25, -0.2) is 9.97 Å². The van der Waals surface area contributed by atoms with Gasteiger partial charge in [-0.1, -0.05) is 13.0 Å². The molecule has 0 atom stereocenters. The molecule has 0 radical (unpaired) electrons. The molecule has 2 heterocycles. The van der Waals surface area contributed by atoms with E-state index < -0.39 is 0 Å². The van der Waals surface area contributed by atoms with Crippen LogP contribution in [0, 0.1) is 0 Å². The predicted molar refractivity (Wildman–Crippen MR) is 94.5 cm³/mol. The van der Waals surface area contributed by atoms with Gasteiger partial charge in [0.2, 0.25) is 5.91 Å². The van der Waals surface area contributed by atoms with Crippen molar-refractivity contribution in [3.8, 4) is 11.1 Å². The molecule has 3 rings (SSSR count). The minimum atomic E-state index is -0.358. The Bertz CT molecular complexity index is 826. The molecule has 2 aromatic heterocycles. The lowest BCUT2D eigenvalue weighted by Crippen LogP contribution is -2.13. The van der Waals surface area contributed by atoms with Crippen LogP contribution in [0.2, 0.25) is 0 Å². The molecule has 118 valence electrons. The van der Waals surface area contributed by atoms with E-state index in [1.165, 1.54) is 11.3 Å². The van der Waals surface area contributed by atoms with Crippen LogP contribution in [0.15, 0.2) is 36.5 Å². The van der Waals surface area contributed by atoms with Crippen LogP contribution in [0.5, 0.6) is 0 Å². The number of thiazole rings is 1. The number of hydrogen-bond acceptors (Lipinski definition) is 5. The summed E-state index contributed by atoms with van der Waals surface area (Å²) < 4.78 is 1.05. The second-order valence-electron chi connectivity index (χ2n) is 5.29. The highest BCUT2D eigenvalue weighted by Gasteiger charge is 2.08. The Morgan fingerprint density at radius 2 is 2.09 bits per heavy atom. The summed E-state index contributed by atoms with van der Waals surface area (Å²) in [4.78, 5) is 19.9. The molecule has 0 aliphatic heterocycles. The van der Waals surface area contributed by atoms with Crippen LogP contribution in [0.4, 0.5) is 5.82 Å². The highest BCUT2D eigenvalue weighted by atomic mass is 32.1. The van der Waals surface area contributed by atoms with Crippen LogP contribution in [-0.2, 0) is 11.2 Å². The third-order valence-electron chi connectivity index (χ3n) is 3.41. The van der Waals surface area contributed by atoms with Gasteiger partial charge in [-0.2, -0.15) is 0 Å². The average molecular weight is 326 g/mol. The van der Waals surface area contributed by atoms with Gasteiger partial charge in [-0.15, -0.1) is 11.3 Å². The number of nitrogens with zero attached hydrogens (tertiary/aromatic N) is 2. The summed E-state index contributed by atoms with van der Waals surface area (Å²) in [5.41, 5.74) is 8.26. The molecule has 3 N–H and O–H groups in total. The van der Waals surface area contributed by atoms with Crippen molar-refractivity contribution in [2.45, 2.75) is 19.8 Å². The first kappa shape index (κ1) is 15.4. The Labute approximate surface area is 138 Å². The van der Waals surface area contributed by atoms with Crippen molar-refractivity contribution in [3.63, 3.8) is 0 Å². The summed E-state index contributed by atoms with van der Waals surface area (Å²) in [5, 5.41) is 4.01. The van der Waals surface area contributed by atoms with Crippen LogP contribution in [0.3, 0.4) is 0 Å². The lowest BCUT2D eigenvalue weighted by atomic mass is 10.1. The normalized spacial score (nSPS) is 10.8. The Balaban J connectivity index is 1.86. The molecule has 0 aliphatic rings. The number of nitrogens with two attached hydrogens (primary N) is 1. The summed E-state index contributed by atoms with van der Waals surface area (Å²) in [6.07, 6.45) is 3.12. The van der Waals surface area contributed by atoms with E-state index in [4.69, 9.17) is 5.73 Å². The van der Waals surface area contributed by atoms with Gasteiger partial charge in [-0.05, 0) is 36.2 Å². The van der Waals surface area contributed by atoms with Crippen LogP contribution in [-0.4, -0.2) is 22.4 Å². The molecule has 1 aromatic carbocycles. The zero-order valence-corrected chi connectivity index (χ0v) is 13.7. The van der Waals surface area contributed by atoms with Gasteiger partial charge in [-0.3, -0.25) is 4.79 Å². The smallest absolute Gasteiger partial charge is 0.224 e. The molecule has 0 saturated heterocycles. The van der Waals surface area contributed by atoms with Gasteiger partial charge in [0.05, 0.1) is 16.6 Å². The van der Waals surface area contributed by atoms with E-state index in [1.54, 1.807) is 0 Å². The van der Waals surface area contributed by atoms with E-state index >= 15 is 0 Å². The minimum absolute atomic E-state index is 0.189. The van der Waals surface area contributed by atoms with E-state index in [0.29, 0.717) is 0 Å². The number of hydrogen-bond donors (Lipinski definition) is 2. The fourth-order valence-electron chi connectivity index (χ4n) is 2.30. The van der Waals surface area contributed by atoms with Gasteiger partial charge in [0.1, 0.15) is 10.8 Å². The number of aromatic nitrogens is 2. The van der Waals surface area contributed by atoms with Crippen molar-refractivity contribution in [1.82, 2.24) is 9.97 Å². The summed E-state index contributed by atoms with van der Waals surface area (Å²) in [7, 11) is 0. The van der Waals surface area contributed by atoms with Gasteiger partial charge in [0.15, 0.2) is 0 Å². The molecule has 0 fully saturated rings. The molecular formula is C17H18N4OS. The van der Waals surface area contributed by atoms with Crippen molar-refractivity contribution >= 4 is 33.3 Å². The first-order valence-electron chi connectivity index (χ1n) is 7.54. The van der Waals surface area contributed by atoms with E-state index in [-0.39, 0.29) is 12.3 Å². The Morgan fingerprint density at radius 3 is 2.78 bits per heavy atom. The van der Waals surface area contributed by atoms with Gasteiger partial charge in [0.25, 0.3) is 0 Å².